The topological polar surface area (TPSA) is 99.3 Å². The SMILES string of the molecule is O=C(NCCc1cnc[nH]1)c1ccccc1-c1ncn[nH]1. The van der Waals surface area contributed by atoms with Gasteiger partial charge in [-0.2, -0.15) is 5.10 Å². The number of nitrogens with one attached hydrogen (secondary N) is 3. The van der Waals surface area contributed by atoms with Crippen molar-refractivity contribution in [2.45, 2.75) is 6.42 Å². The molecule has 2 aromatic heterocycles. The summed E-state index contributed by atoms with van der Waals surface area (Å²) in [6.45, 7) is 0.533. The molecule has 0 unspecified atom stereocenters. The molecule has 21 heavy (non-hydrogen) atoms. The number of hydrogen-bond acceptors (Lipinski definition) is 4. The normalized spacial score (nSPS) is 10.5. The molecule has 0 aliphatic heterocycles. The summed E-state index contributed by atoms with van der Waals surface area (Å²) in [5, 5.41) is 9.48. The van der Waals surface area contributed by atoms with Gasteiger partial charge < -0.3 is 10.3 Å². The standard InChI is InChI=1S/C14H14N6O/c21-14(16-6-5-10-7-15-8-17-10)12-4-2-1-3-11(12)13-18-9-19-20-13/h1-4,7-9H,5-6H2,(H,15,17)(H,16,21)(H,18,19,20). The number of amides is 1. The Balaban J connectivity index is 1.70. The molecule has 1 amide bonds. The van der Waals surface area contributed by atoms with Gasteiger partial charge in [-0.1, -0.05) is 18.2 Å². The predicted molar refractivity (Wildman–Crippen MR) is 76.4 cm³/mol. The third kappa shape index (κ3) is 2.97. The summed E-state index contributed by atoms with van der Waals surface area (Å²) in [5.74, 6) is 0.441. The molecule has 0 saturated heterocycles. The van der Waals surface area contributed by atoms with Crippen molar-refractivity contribution >= 4 is 5.91 Å². The van der Waals surface area contributed by atoms with Gasteiger partial charge in [-0.25, -0.2) is 9.97 Å². The number of benzene rings is 1. The molecule has 1 aromatic carbocycles. The summed E-state index contributed by atoms with van der Waals surface area (Å²) in [7, 11) is 0. The van der Waals surface area contributed by atoms with Crippen LogP contribution in [-0.2, 0) is 6.42 Å². The Morgan fingerprint density at radius 1 is 1.29 bits per heavy atom. The highest BCUT2D eigenvalue weighted by Crippen LogP contribution is 2.19. The fourth-order valence-electron chi connectivity index (χ4n) is 2.05. The second-order valence-corrected chi connectivity index (χ2v) is 4.46. The fraction of sp³-hybridized carbons (Fsp3) is 0.143. The minimum Gasteiger partial charge on any atom is -0.352 e. The highest BCUT2D eigenvalue weighted by molar-refractivity contribution is 6.00. The number of carbonyl (C=O) groups excluding carboxylic acids is 1. The summed E-state index contributed by atoms with van der Waals surface area (Å²) in [6, 6.07) is 7.29. The molecule has 0 spiro atoms. The third-order valence-corrected chi connectivity index (χ3v) is 3.08. The van der Waals surface area contributed by atoms with Crippen LogP contribution in [0.3, 0.4) is 0 Å². The minimum atomic E-state index is -0.137. The number of rotatable bonds is 5. The quantitative estimate of drug-likeness (QED) is 0.654. The van der Waals surface area contributed by atoms with Crippen LogP contribution < -0.4 is 5.32 Å². The average Bonchev–Trinajstić information content (AvgIpc) is 3.20. The molecule has 3 rings (SSSR count). The third-order valence-electron chi connectivity index (χ3n) is 3.08. The average molecular weight is 282 g/mol. The van der Waals surface area contributed by atoms with Crippen molar-refractivity contribution in [3.63, 3.8) is 0 Å². The van der Waals surface area contributed by atoms with Gasteiger partial charge in [-0.3, -0.25) is 9.89 Å². The lowest BCUT2D eigenvalue weighted by atomic mass is 10.1. The van der Waals surface area contributed by atoms with Crippen molar-refractivity contribution in [3.8, 4) is 11.4 Å². The Hall–Kier alpha value is -2.96. The Morgan fingerprint density at radius 2 is 2.19 bits per heavy atom. The second kappa shape index (κ2) is 6.00. The van der Waals surface area contributed by atoms with E-state index in [1.165, 1.54) is 6.33 Å². The molecule has 0 fully saturated rings. The zero-order valence-corrected chi connectivity index (χ0v) is 11.2. The molecule has 0 aliphatic carbocycles. The Labute approximate surface area is 120 Å². The van der Waals surface area contributed by atoms with Crippen molar-refractivity contribution in [1.82, 2.24) is 30.5 Å². The molecule has 0 aliphatic rings. The van der Waals surface area contributed by atoms with Gasteiger partial charge in [0.05, 0.1) is 11.9 Å². The second-order valence-electron chi connectivity index (χ2n) is 4.46. The van der Waals surface area contributed by atoms with E-state index in [0.717, 1.165) is 11.3 Å². The van der Waals surface area contributed by atoms with E-state index in [1.54, 1.807) is 18.6 Å². The van der Waals surface area contributed by atoms with Crippen LogP contribution in [0.1, 0.15) is 16.1 Å². The largest absolute Gasteiger partial charge is 0.352 e. The van der Waals surface area contributed by atoms with Crippen molar-refractivity contribution in [3.05, 3.63) is 54.4 Å². The summed E-state index contributed by atoms with van der Waals surface area (Å²) < 4.78 is 0. The predicted octanol–water partition coefficient (Wildman–Crippen LogP) is 1.17. The van der Waals surface area contributed by atoms with Crippen LogP contribution in [0.25, 0.3) is 11.4 Å². The molecular formula is C14H14N6O. The molecule has 3 N–H and O–H groups in total. The number of carbonyl (C=O) groups is 1. The Kier molecular flexibility index (Phi) is 3.72. The summed E-state index contributed by atoms with van der Waals surface area (Å²) >= 11 is 0. The molecule has 0 saturated carbocycles. The maximum absolute atomic E-state index is 12.3. The van der Waals surface area contributed by atoms with Crippen molar-refractivity contribution in [2.75, 3.05) is 6.54 Å². The van der Waals surface area contributed by atoms with Crippen molar-refractivity contribution in [2.24, 2.45) is 0 Å². The highest BCUT2D eigenvalue weighted by Gasteiger charge is 2.13. The molecular weight excluding hydrogens is 268 g/mol. The Bertz CT molecular complexity index is 705. The van der Waals surface area contributed by atoms with E-state index in [0.29, 0.717) is 24.4 Å². The van der Waals surface area contributed by atoms with Crippen LogP contribution in [0.5, 0.6) is 0 Å². The molecule has 0 radical (unpaired) electrons. The monoisotopic (exact) mass is 282 g/mol. The van der Waals surface area contributed by atoms with E-state index >= 15 is 0 Å². The molecule has 7 heteroatoms. The van der Waals surface area contributed by atoms with Gasteiger partial charge in [0.15, 0.2) is 5.82 Å². The van der Waals surface area contributed by atoms with Crippen molar-refractivity contribution in [1.29, 1.82) is 0 Å². The number of hydrogen-bond donors (Lipinski definition) is 3. The van der Waals surface area contributed by atoms with Crippen LogP contribution in [0.4, 0.5) is 0 Å². The molecule has 0 atom stereocenters. The molecule has 2 heterocycles. The van der Waals surface area contributed by atoms with E-state index in [9.17, 15) is 4.79 Å². The maximum Gasteiger partial charge on any atom is 0.252 e. The van der Waals surface area contributed by atoms with E-state index in [1.807, 2.05) is 18.2 Å². The summed E-state index contributed by atoms with van der Waals surface area (Å²) in [5.41, 5.74) is 2.28. The van der Waals surface area contributed by atoms with E-state index in [2.05, 4.69) is 30.5 Å². The van der Waals surface area contributed by atoms with E-state index in [4.69, 9.17) is 0 Å². The first-order valence-electron chi connectivity index (χ1n) is 6.55. The van der Waals surface area contributed by atoms with Gasteiger partial charge in [-0.15, -0.1) is 0 Å². The highest BCUT2D eigenvalue weighted by atomic mass is 16.1. The van der Waals surface area contributed by atoms with Crippen LogP contribution in [0.2, 0.25) is 0 Å². The molecule has 0 bridgehead atoms. The minimum absolute atomic E-state index is 0.137. The van der Waals surface area contributed by atoms with Crippen molar-refractivity contribution < 1.29 is 4.79 Å². The molecule has 3 aromatic rings. The maximum atomic E-state index is 12.3. The smallest absolute Gasteiger partial charge is 0.252 e. The van der Waals surface area contributed by atoms with Crippen LogP contribution in [0.15, 0.2) is 43.1 Å². The first-order valence-corrected chi connectivity index (χ1v) is 6.55. The van der Waals surface area contributed by atoms with E-state index < -0.39 is 0 Å². The van der Waals surface area contributed by atoms with Crippen LogP contribution in [-0.4, -0.2) is 37.6 Å². The lowest BCUT2D eigenvalue weighted by Gasteiger charge is -2.08. The molecule has 106 valence electrons. The lowest BCUT2D eigenvalue weighted by Crippen LogP contribution is -2.26. The summed E-state index contributed by atoms with van der Waals surface area (Å²) in [6.07, 6.45) is 5.49. The van der Waals surface area contributed by atoms with Crippen LogP contribution in [0, 0.1) is 0 Å². The number of H-pyrrole nitrogens is 2. The number of aromatic amines is 2. The van der Waals surface area contributed by atoms with Crippen LogP contribution >= 0.6 is 0 Å². The van der Waals surface area contributed by atoms with Gasteiger partial charge in [-0.05, 0) is 6.07 Å². The number of imidazole rings is 1. The first-order chi connectivity index (χ1) is 10.3. The fourth-order valence-corrected chi connectivity index (χ4v) is 2.05. The molecule has 7 nitrogen and oxygen atoms in total. The lowest BCUT2D eigenvalue weighted by molar-refractivity contribution is 0.0954. The van der Waals surface area contributed by atoms with Gasteiger partial charge in [0, 0.05) is 30.4 Å². The zero-order chi connectivity index (χ0) is 14.5. The number of nitrogens with zero attached hydrogens (tertiary/aromatic N) is 3. The Morgan fingerprint density at radius 3 is 2.95 bits per heavy atom. The van der Waals surface area contributed by atoms with Gasteiger partial charge in [0.2, 0.25) is 0 Å². The number of aromatic nitrogens is 5. The van der Waals surface area contributed by atoms with E-state index in [-0.39, 0.29) is 5.91 Å². The van der Waals surface area contributed by atoms with Gasteiger partial charge in [0.25, 0.3) is 5.91 Å². The summed E-state index contributed by atoms with van der Waals surface area (Å²) in [4.78, 5) is 23.3. The van der Waals surface area contributed by atoms with Gasteiger partial charge in [0.1, 0.15) is 6.33 Å². The van der Waals surface area contributed by atoms with Gasteiger partial charge >= 0.3 is 0 Å². The first kappa shape index (κ1) is 13.0. The zero-order valence-electron chi connectivity index (χ0n) is 11.2.